The molecule has 0 unspecified atom stereocenters. The molecule has 0 aromatic heterocycles. The largest absolute Gasteiger partial charge is 0.480 e. The lowest BCUT2D eigenvalue weighted by atomic mass is 9.98. The van der Waals surface area contributed by atoms with Gasteiger partial charge in [-0.15, -0.1) is 0 Å². The van der Waals surface area contributed by atoms with Gasteiger partial charge in [0.15, 0.2) is 0 Å². The Morgan fingerprint density at radius 2 is 1.50 bits per heavy atom. The molecule has 0 aliphatic heterocycles. The van der Waals surface area contributed by atoms with Crippen molar-refractivity contribution in [1.29, 1.82) is 0 Å². The molecule has 0 bridgehead atoms. The smallest absolute Gasteiger partial charge is 0.353 e. The highest BCUT2D eigenvalue weighted by atomic mass is 16.6. The maximum absolute atomic E-state index is 12.3. The number of aliphatic carboxylic acids is 1. The van der Waals surface area contributed by atoms with Crippen molar-refractivity contribution in [2.45, 2.75) is 51.7 Å². The predicted molar refractivity (Wildman–Crippen MR) is 129 cm³/mol. The minimum absolute atomic E-state index is 0.0324. The quantitative estimate of drug-likeness (QED) is 0.433. The summed E-state index contributed by atoms with van der Waals surface area (Å²) in [6, 6.07) is 15.5. The molecule has 8 heteroatoms. The molecule has 182 valence electrons. The molecule has 2 aromatic rings. The van der Waals surface area contributed by atoms with Crippen LogP contribution in [0.4, 0.5) is 0 Å². The summed E-state index contributed by atoms with van der Waals surface area (Å²) in [7, 11) is 0. The third-order valence-electron chi connectivity index (χ3n) is 4.88. The van der Waals surface area contributed by atoms with Crippen molar-refractivity contribution in [2.75, 3.05) is 6.61 Å². The van der Waals surface area contributed by atoms with Crippen molar-refractivity contribution in [3.05, 3.63) is 71.4 Å². The highest BCUT2D eigenvalue weighted by Gasteiger charge is 2.29. The monoisotopic (exact) mass is 468 g/mol. The normalized spacial score (nSPS) is 13.6. The number of fused-ring (bicyclic) bond motifs is 3. The summed E-state index contributed by atoms with van der Waals surface area (Å²) < 4.78 is 10.6. The molecule has 34 heavy (non-hydrogen) atoms. The first-order valence-corrected chi connectivity index (χ1v) is 10.9. The first-order chi connectivity index (χ1) is 15.9. The zero-order chi connectivity index (χ0) is 25.5. The Balaban J connectivity index is 0.000000604. The maximum Gasteiger partial charge on any atom is 0.353 e. The molecule has 1 aliphatic carbocycles. The van der Waals surface area contributed by atoms with E-state index >= 15 is 0 Å². The molecular weight excluding hydrogens is 436 g/mol. The summed E-state index contributed by atoms with van der Waals surface area (Å²) in [5, 5.41) is 7.87. The van der Waals surface area contributed by atoms with Crippen LogP contribution in [0.2, 0.25) is 0 Å². The Labute approximate surface area is 199 Å². The van der Waals surface area contributed by atoms with E-state index in [9.17, 15) is 14.4 Å². The van der Waals surface area contributed by atoms with Crippen molar-refractivity contribution in [1.82, 2.24) is 0 Å². The lowest BCUT2D eigenvalue weighted by molar-refractivity contribution is -0.153. The zero-order valence-electron chi connectivity index (χ0n) is 19.9. The van der Waals surface area contributed by atoms with Crippen LogP contribution in [-0.2, 0) is 23.9 Å². The molecule has 5 N–H and O–H groups in total. The second-order valence-electron chi connectivity index (χ2n) is 8.90. The van der Waals surface area contributed by atoms with E-state index in [1.807, 2.05) is 24.3 Å². The van der Waals surface area contributed by atoms with Gasteiger partial charge < -0.3 is 26.0 Å². The Morgan fingerprint density at radius 3 is 1.94 bits per heavy atom. The van der Waals surface area contributed by atoms with Gasteiger partial charge >= 0.3 is 17.9 Å². The number of hydrogen-bond donors (Lipinski definition) is 3. The first-order valence-electron chi connectivity index (χ1n) is 10.9. The molecular formula is C26H32N2O6. The highest BCUT2D eigenvalue weighted by molar-refractivity contribution is 5.88. The molecule has 0 saturated carbocycles. The molecule has 1 atom stereocenters. The number of esters is 2. The zero-order valence-corrected chi connectivity index (χ0v) is 19.9. The number of carbonyl (C=O) groups excluding carboxylic acids is 2. The molecule has 3 rings (SSSR count). The average molecular weight is 469 g/mol. The van der Waals surface area contributed by atoms with Crippen LogP contribution in [0.1, 0.15) is 51.2 Å². The molecule has 2 aromatic carbocycles. The fourth-order valence-electron chi connectivity index (χ4n) is 3.34. The molecule has 0 saturated heterocycles. The van der Waals surface area contributed by atoms with Crippen LogP contribution in [-0.4, -0.2) is 41.3 Å². The Kier molecular flexibility index (Phi) is 8.97. The van der Waals surface area contributed by atoms with Crippen LogP contribution in [0, 0.1) is 0 Å². The summed E-state index contributed by atoms with van der Waals surface area (Å²) in [5.41, 5.74) is 14.5. The van der Waals surface area contributed by atoms with Gasteiger partial charge in [-0.1, -0.05) is 48.5 Å². The lowest BCUT2D eigenvalue weighted by Gasteiger charge is -2.18. The van der Waals surface area contributed by atoms with E-state index in [4.69, 9.17) is 26.0 Å². The summed E-state index contributed by atoms with van der Waals surface area (Å²) >= 11 is 0. The van der Waals surface area contributed by atoms with Crippen molar-refractivity contribution in [2.24, 2.45) is 11.5 Å². The van der Waals surface area contributed by atoms with Gasteiger partial charge in [0, 0.05) is 5.92 Å². The van der Waals surface area contributed by atoms with Crippen LogP contribution in [0.5, 0.6) is 0 Å². The summed E-state index contributed by atoms with van der Waals surface area (Å²) in [4.78, 5) is 33.6. The standard InChI is InChI=1S/C23H25NO4.C3H7NO2/c1-23(2,3)28-21(25)13-12-20(24)22(26)27-14-19-17-10-6-4-8-15(17)16-9-5-7-11-18(16)19;1-2(4)3(5)6/h4-12,19H,13-14,24H2,1-3H3;2H,4H2,1H3,(H,5,6)/t;2-/m.0/s1. The van der Waals surface area contributed by atoms with E-state index in [0.717, 1.165) is 22.3 Å². The second kappa shape index (κ2) is 11.5. The number of carboxylic acids is 1. The first kappa shape index (κ1) is 26.6. The fraction of sp³-hybridized carbons (Fsp3) is 0.346. The fourth-order valence-corrected chi connectivity index (χ4v) is 3.34. The number of carbonyl (C=O) groups is 3. The molecule has 1 aliphatic rings. The topological polar surface area (TPSA) is 142 Å². The van der Waals surface area contributed by atoms with E-state index in [-0.39, 0.29) is 24.6 Å². The Bertz CT molecular complexity index is 1020. The average Bonchev–Trinajstić information content (AvgIpc) is 3.09. The Hall–Kier alpha value is -3.65. The summed E-state index contributed by atoms with van der Waals surface area (Å²) in [5.74, 6) is -2.07. The predicted octanol–water partition coefficient (Wildman–Crippen LogP) is 3.33. The number of ether oxygens (including phenoxy) is 2. The van der Waals surface area contributed by atoms with Gasteiger partial charge in [0.2, 0.25) is 0 Å². The summed E-state index contributed by atoms with van der Waals surface area (Å²) in [6.45, 7) is 6.95. The number of nitrogens with two attached hydrogens (primary N) is 2. The van der Waals surface area contributed by atoms with Gasteiger partial charge in [0.25, 0.3) is 0 Å². The number of rotatable bonds is 6. The number of hydrogen-bond acceptors (Lipinski definition) is 7. The van der Waals surface area contributed by atoms with Gasteiger partial charge in [-0.05, 0) is 56.0 Å². The minimum atomic E-state index is -0.963. The molecule has 0 heterocycles. The molecule has 0 fully saturated rings. The van der Waals surface area contributed by atoms with Crippen LogP contribution in [0.15, 0.2) is 60.3 Å². The van der Waals surface area contributed by atoms with E-state index in [0.29, 0.717) is 0 Å². The van der Waals surface area contributed by atoms with E-state index < -0.39 is 29.6 Å². The van der Waals surface area contributed by atoms with Gasteiger partial charge in [0.1, 0.15) is 23.9 Å². The summed E-state index contributed by atoms with van der Waals surface area (Å²) in [6.07, 6.45) is 1.26. The second-order valence-corrected chi connectivity index (χ2v) is 8.90. The van der Waals surface area contributed by atoms with Crippen molar-refractivity contribution in [3.63, 3.8) is 0 Å². The Morgan fingerprint density at radius 1 is 1.03 bits per heavy atom. The number of benzene rings is 2. The third-order valence-corrected chi connectivity index (χ3v) is 4.88. The third kappa shape index (κ3) is 7.45. The van der Waals surface area contributed by atoms with Crippen molar-refractivity contribution < 1.29 is 29.0 Å². The molecule has 0 radical (unpaired) electrons. The van der Waals surface area contributed by atoms with Gasteiger partial charge in [-0.3, -0.25) is 9.59 Å². The lowest BCUT2D eigenvalue weighted by Crippen LogP contribution is -2.25. The van der Waals surface area contributed by atoms with Crippen LogP contribution >= 0.6 is 0 Å². The van der Waals surface area contributed by atoms with E-state index in [1.165, 1.54) is 13.0 Å². The maximum atomic E-state index is 12.3. The van der Waals surface area contributed by atoms with Crippen LogP contribution in [0.25, 0.3) is 11.1 Å². The highest BCUT2D eigenvalue weighted by Crippen LogP contribution is 2.44. The van der Waals surface area contributed by atoms with Gasteiger partial charge in [-0.2, -0.15) is 0 Å². The van der Waals surface area contributed by atoms with Crippen LogP contribution < -0.4 is 11.5 Å². The number of carboxylic acid groups (broad SMARTS) is 1. The molecule has 0 spiro atoms. The SMILES string of the molecule is CC(C)(C)OC(=O)CC=C(N)C(=O)OCC1c2ccccc2-c2ccccc21.C[C@H](N)C(=O)O. The molecule has 0 amide bonds. The van der Waals surface area contributed by atoms with Gasteiger partial charge in [-0.25, -0.2) is 4.79 Å². The van der Waals surface area contributed by atoms with Gasteiger partial charge in [0.05, 0.1) is 6.42 Å². The minimum Gasteiger partial charge on any atom is -0.480 e. The van der Waals surface area contributed by atoms with E-state index in [1.54, 1.807) is 20.8 Å². The van der Waals surface area contributed by atoms with Crippen LogP contribution in [0.3, 0.4) is 0 Å². The van der Waals surface area contributed by atoms with Crippen molar-refractivity contribution >= 4 is 17.9 Å². The van der Waals surface area contributed by atoms with Crippen molar-refractivity contribution in [3.8, 4) is 11.1 Å². The van der Waals surface area contributed by atoms with E-state index in [2.05, 4.69) is 24.3 Å². The molecule has 8 nitrogen and oxygen atoms in total.